The lowest BCUT2D eigenvalue weighted by atomic mass is 10.1. The second-order valence-corrected chi connectivity index (χ2v) is 5.65. The molecule has 0 radical (unpaired) electrons. The molecule has 0 heterocycles. The van der Waals surface area contributed by atoms with E-state index in [0.29, 0.717) is 24.5 Å². The molecule has 0 spiro atoms. The summed E-state index contributed by atoms with van der Waals surface area (Å²) >= 11 is 0. The molecule has 2 aromatic carbocycles. The smallest absolute Gasteiger partial charge is 0.355 e. The molecule has 1 saturated carbocycles. The summed E-state index contributed by atoms with van der Waals surface area (Å²) < 4.78 is 23.2. The maximum atomic E-state index is 11.8. The molecule has 0 amide bonds. The average Bonchev–Trinajstić information content (AvgIpc) is 3.32. The number of carbonyl (C=O) groups is 1. The lowest BCUT2D eigenvalue weighted by molar-refractivity contribution is -0.186. The summed E-state index contributed by atoms with van der Waals surface area (Å²) in [5.74, 6) is -0.126. The molecule has 4 nitrogen and oxygen atoms in total. The van der Waals surface area contributed by atoms with Crippen molar-refractivity contribution >= 4 is 5.97 Å². The van der Waals surface area contributed by atoms with Gasteiger partial charge < -0.3 is 9.47 Å². The molecule has 2 aromatic rings. The van der Waals surface area contributed by atoms with Crippen LogP contribution in [0.3, 0.4) is 0 Å². The Labute approximate surface area is 133 Å². The van der Waals surface area contributed by atoms with Crippen LogP contribution in [0.25, 0.3) is 0 Å². The highest BCUT2D eigenvalue weighted by molar-refractivity contribution is 5.75. The summed E-state index contributed by atoms with van der Waals surface area (Å²) in [4.78, 5) is 14.2. The Morgan fingerprint density at radius 2 is 1.96 bits per heavy atom. The number of carbonyl (C=O) groups excluding carboxylic acids is 1. The number of hydrogen-bond acceptors (Lipinski definition) is 4. The monoisotopic (exact) mass is 316 g/mol. The highest BCUT2D eigenvalue weighted by Gasteiger charge is 2.47. The number of aryl methyl sites for hydroxylation is 1. The van der Waals surface area contributed by atoms with Crippen molar-refractivity contribution in [3.63, 3.8) is 0 Å². The van der Waals surface area contributed by atoms with Gasteiger partial charge in [0.1, 0.15) is 30.1 Å². The van der Waals surface area contributed by atoms with Gasteiger partial charge in [0.05, 0.1) is 0 Å². The average molecular weight is 316 g/mol. The van der Waals surface area contributed by atoms with Crippen LogP contribution in [-0.2, 0) is 16.3 Å². The lowest BCUT2D eigenvalue weighted by Crippen LogP contribution is -2.08. The molecule has 1 fully saturated rings. The third-order valence-corrected chi connectivity index (χ3v) is 3.69. The second kappa shape index (κ2) is 6.69. The zero-order chi connectivity index (χ0) is 16.2. The van der Waals surface area contributed by atoms with E-state index in [0.717, 1.165) is 5.56 Å². The van der Waals surface area contributed by atoms with Gasteiger partial charge in [-0.1, -0.05) is 35.9 Å². The molecule has 1 aliphatic carbocycles. The Hall–Kier alpha value is -2.56. The van der Waals surface area contributed by atoms with E-state index in [1.165, 1.54) is 5.56 Å². The zero-order valence-electron chi connectivity index (χ0n) is 12.7. The van der Waals surface area contributed by atoms with E-state index in [2.05, 4.69) is 11.0 Å². The molecule has 1 aliphatic rings. The molecule has 23 heavy (non-hydrogen) atoms. The SMILES string of the molecule is Cc1cccc(COc2cccc(O[C@@H]3CC3C(=O)OF)c2)c1. The van der Waals surface area contributed by atoms with Crippen molar-refractivity contribution in [3.05, 3.63) is 59.7 Å². The van der Waals surface area contributed by atoms with Crippen LogP contribution < -0.4 is 9.47 Å². The second-order valence-electron chi connectivity index (χ2n) is 5.65. The minimum absolute atomic E-state index is 0.328. The summed E-state index contributed by atoms with van der Waals surface area (Å²) in [6.07, 6.45) is 0.141. The molecule has 120 valence electrons. The minimum Gasteiger partial charge on any atom is -0.489 e. The Morgan fingerprint density at radius 1 is 1.17 bits per heavy atom. The van der Waals surface area contributed by atoms with Crippen LogP contribution in [0.15, 0.2) is 48.5 Å². The minimum atomic E-state index is -0.873. The van der Waals surface area contributed by atoms with E-state index in [1.807, 2.05) is 37.3 Å². The van der Waals surface area contributed by atoms with Gasteiger partial charge in [-0.2, -0.15) is 0 Å². The first kappa shape index (κ1) is 15.3. The molecule has 0 N–H and O–H groups in total. The molecule has 3 rings (SSSR count). The van der Waals surface area contributed by atoms with Crippen molar-refractivity contribution in [2.24, 2.45) is 5.92 Å². The van der Waals surface area contributed by atoms with Crippen molar-refractivity contribution in [3.8, 4) is 11.5 Å². The summed E-state index contributed by atoms with van der Waals surface area (Å²) in [5.41, 5.74) is 2.27. The van der Waals surface area contributed by atoms with Crippen molar-refractivity contribution in [1.82, 2.24) is 0 Å². The van der Waals surface area contributed by atoms with Crippen LogP contribution in [0.4, 0.5) is 4.53 Å². The third kappa shape index (κ3) is 4.00. The first-order valence-electron chi connectivity index (χ1n) is 7.43. The molecule has 0 bridgehead atoms. The van der Waals surface area contributed by atoms with E-state index in [1.54, 1.807) is 12.1 Å². The maximum absolute atomic E-state index is 11.8. The number of hydrogen-bond donors (Lipinski definition) is 0. The fraction of sp³-hybridized carbons (Fsp3) is 0.278. The van der Waals surface area contributed by atoms with Crippen molar-refractivity contribution < 1.29 is 23.7 Å². The maximum Gasteiger partial charge on any atom is 0.355 e. The summed E-state index contributed by atoms with van der Waals surface area (Å²) in [6, 6.07) is 15.3. The Bertz CT molecular complexity index is 701. The Morgan fingerprint density at radius 3 is 2.74 bits per heavy atom. The molecule has 2 atom stereocenters. The molecule has 0 saturated heterocycles. The van der Waals surface area contributed by atoms with E-state index in [4.69, 9.17) is 9.47 Å². The van der Waals surface area contributed by atoms with Gasteiger partial charge in [-0.15, -0.1) is 0 Å². The highest BCUT2D eigenvalue weighted by atomic mass is 19.3. The van der Waals surface area contributed by atoms with Crippen molar-refractivity contribution in [1.29, 1.82) is 0 Å². The van der Waals surface area contributed by atoms with E-state index in [9.17, 15) is 9.32 Å². The van der Waals surface area contributed by atoms with E-state index >= 15 is 0 Å². The highest BCUT2D eigenvalue weighted by Crippen LogP contribution is 2.36. The fourth-order valence-corrected chi connectivity index (χ4v) is 2.39. The lowest BCUT2D eigenvalue weighted by Gasteiger charge is -2.09. The van der Waals surface area contributed by atoms with E-state index < -0.39 is 11.9 Å². The first-order chi connectivity index (χ1) is 11.2. The van der Waals surface area contributed by atoms with Gasteiger partial charge in [0.2, 0.25) is 0 Å². The predicted molar refractivity (Wildman–Crippen MR) is 81.7 cm³/mol. The number of halogens is 1. The summed E-state index contributed by atoms with van der Waals surface area (Å²) in [7, 11) is 0. The molecule has 0 aliphatic heterocycles. The van der Waals surface area contributed by atoms with Crippen molar-refractivity contribution in [2.75, 3.05) is 0 Å². The molecular weight excluding hydrogens is 299 g/mol. The molecular formula is C18H17FO4. The van der Waals surface area contributed by atoms with Gasteiger partial charge in [-0.3, -0.25) is 4.94 Å². The number of ether oxygens (including phenoxy) is 2. The van der Waals surface area contributed by atoms with Gasteiger partial charge in [-0.05, 0) is 24.6 Å². The van der Waals surface area contributed by atoms with Gasteiger partial charge in [-0.25, -0.2) is 4.79 Å². The standard InChI is InChI=1S/C18H17FO4/c1-12-4-2-5-13(8-12)11-21-14-6-3-7-15(9-14)22-17-10-16(17)18(20)23-19/h2-9,16-17H,10-11H2,1H3/t16?,17-/m1/s1. The Kier molecular flexibility index (Phi) is 4.46. The fourth-order valence-electron chi connectivity index (χ4n) is 2.39. The van der Waals surface area contributed by atoms with Crippen LogP contribution in [-0.4, -0.2) is 12.1 Å². The van der Waals surface area contributed by atoms with Crippen LogP contribution in [0.5, 0.6) is 11.5 Å². The van der Waals surface area contributed by atoms with Crippen molar-refractivity contribution in [2.45, 2.75) is 26.1 Å². The van der Waals surface area contributed by atoms with Crippen LogP contribution in [0, 0.1) is 12.8 Å². The quantitative estimate of drug-likeness (QED) is 0.814. The van der Waals surface area contributed by atoms with Gasteiger partial charge in [0.25, 0.3) is 0 Å². The predicted octanol–water partition coefficient (Wildman–Crippen LogP) is 3.77. The first-order valence-corrected chi connectivity index (χ1v) is 7.43. The molecule has 5 heteroatoms. The van der Waals surface area contributed by atoms with Crippen LogP contribution in [0.1, 0.15) is 17.5 Å². The largest absolute Gasteiger partial charge is 0.489 e. The zero-order valence-corrected chi connectivity index (χ0v) is 12.7. The summed E-state index contributed by atoms with van der Waals surface area (Å²) in [5, 5.41) is 0. The molecule has 1 unspecified atom stereocenters. The Balaban J connectivity index is 1.56. The van der Waals surface area contributed by atoms with Crippen LogP contribution >= 0.6 is 0 Å². The van der Waals surface area contributed by atoms with Gasteiger partial charge in [0, 0.05) is 17.0 Å². The third-order valence-electron chi connectivity index (χ3n) is 3.69. The summed E-state index contributed by atoms with van der Waals surface area (Å²) in [6.45, 7) is 2.50. The van der Waals surface area contributed by atoms with Gasteiger partial charge >= 0.3 is 5.97 Å². The normalized spacial score (nSPS) is 19.0. The van der Waals surface area contributed by atoms with Crippen LogP contribution in [0.2, 0.25) is 0 Å². The molecule has 0 aromatic heterocycles. The topological polar surface area (TPSA) is 44.8 Å². The van der Waals surface area contributed by atoms with E-state index in [-0.39, 0.29) is 6.10 Å². The van der Waals surface area contributed by atoms with Gasteiger partial charge in [0.15, 0.2) is 0 Å². The number of benzene rings is 2. The number of rotatable bonds is 6.